The summed E-state index contributed by atoms with van der Waals surface area (Å²) in [5.74, 6) is -1.12. The highest BCUT2D eigenvalue weighted by atomic mass is 16.4. The van der Waals surface area contributed by atoms with E-state index in [1.807, 2.05) is 25.1 Å². The highest BCUT2D eigenvalue weighted by molar-refractivity contribution is 5.69. The maximum absolute atomic E-state index is 10.9. The van der Waals surface area contributed by atoms with Crippen molar-refractivity contribution in [3.63, 3.8) is 0 Å². The van der Waals surface area contributed by atoms with E-state index in [1.54, 1.807) is 6.92 Å². The Hall–Kier alpha value is -1.61. The largest absolute Gasteiger partial charge is 0.481 e. The fourth-order valence-electron chi connectivity index (χ4n) is 1.87. The summed E-state index contributed by atoms with van der Waals surface area (Å²) in [6.07, 6.45) is 0. The van der Waals surface area contributed by atoms with Gasteiger partial charge in [0.05, 0.1) is 5.92 Å². The van der Waals surface area contributed by atoms with Gasteiger partial charge in [-0.1, -0.05) is 49.4 Å². The molecular weight excluding hydrogens is 226 g/mol. The average molecular weight is 247 g/mol. The number of hydrogen-bond acceptors (Lipinski definition) is 2. The minimum atomic E-state index is -0.755. The van der Waals surface area contributed by atoms with Gasteiger partial charge in [0.25, 0.3) is 0 Å². The van der Waals surface area contributed by atoms with Gasteiger partial charge in [-0.2, -0.15) is 0 Å². The number of carboxylic acid groups (broad SMARTS) is 1. The van der Waals surface area contributed by atoms with E-state index in [2.05, 4.69) is 23.6 Å². The molecule has 0 aromatic heterocycles. The molecule has 0 bridgehead atoms. The van der Waals surface area contributed by atoms with E-state index in [1.165, 1.54) is 5.56 Å². The Labute approximate surface area is 109 Å². The number of carbonyl (C=O) groups is 1. The maximum Gasteiger partial charge on any atom is 0.307 e. The zero-order chi connectivity index (χ0) is 13.5. The number of nitrogens with zero attached hydrogens (tertiary/aromatic N) is 1. The van der Waals surface area contributed by atoms with E-state index in [-0.39, 0.29) is 5.92 Å². The lowest BCUT2D eigenvalue weighted by molar-refractivity contribution is -0.141. The van der Waals surface area contributed by atoms with Gasteiger partial charge in [-0.25, -0.2) is 0 Å². The fourth-order valence-corrected chi connectivity index (χ4v) is 1.87. The predicted octanol–water partition coefficient (Wildman–Crippen LogP) is 2.79. The first-order valence-electron chi connectivity index (χ1n) is 6.12. The third kappa shape index (κ3) is 5.15. The summed E-state index contributed by atoms with van der Waals surface area (Å²) in [7, 11) is 0. The molecule has 0 aliphatic rings. The number of aliphatic carboxylic acids is 1. The minimum Gasteiger partial charge on any atom is -0.481 e. The smallest absolute Gasteiger partial charge is 0.307 e. The second-order valence-electron chi connectivity index (χ2n) is 4.85. The van der Waals surface area contributed by atoms with Crippen molar-refractivity contribution in [2.24, 2.45) is 5.92 Å². The normalized spacial score (nSPS) is 12.4. The number of benzene rings is 1. The van der Waals surface area contributed by atoms with Crippen LogP contribution in [0.5, 0.6) is 0 Å². The van der Waals surface area contributed by atoms with Crippen molar-refractivity contribution < 1.29 is 9.90 Å². The van der Waals surface area contributed by atoms with Crippen molar-refractivity contribution in [1.29, 1.82) is 0 Å². The molecule has 1 aromatic carbocycles. The molecule has 1 N–H and O–H groups in total. The highest BCUT2D eigenvalue weighted by Gasteiger charge is 2.16. The molecule has 1 aromatic rings. The highest BCUT2D eigenvalue weighted by Crippen LogP contribution is 2.09. The molecule has 0 spiro atoms. The number of hydrogen-bond donors (Lipinski definition) is 1. The van der Waals surface area contributed by atoms with Gasteiger partial charge in [0, 0.05) is 19.6 Å². The Kier molecular flexibility index (Phi) is 5.59. The van der Waals surface area contributed by atoms with Crippen molar-refractivity contribution in [3.8, 4) is 0 Å². The van der Waals surface area contributed by atoms with Crippen molar-refractivity contribution in [2.45, 2.75) is 20.4 Å². The van der Waals surface area contributed by atoms with E-state index in [0.717, 1.165) is 18.7 Å². The van der Waals surface area contributed by atoms with E-state index in [9.17, 15) is 4.79 Å². The van der Waals surface area contributed by atoms with Gasteiger partial charge in [0.15, 0.2) is 0 Å². The monoisotopic (exact) mass is 247 g/mol. The molecule has 0 radical (unpaired) electrons. The topological polar surface area (TPSA) is 40.5 Å². The molecule has 0 fully saturated rings. The van der Waals surface area contributed by atoms with Crippen LogP contribution in [0.15, 0.2) is 42.5 Å². The Bertz CT molecular complexity index is 400. The van der Waals surface area contributed by atoms with Gasteiger partial charge in [0.1, 0.15) is 0 Å². The van der Waals surface area contributed by atoms with E-state index in [0.29, 0.717) is 6.54 Å². The maximum atomic E-state index is 10.9. The van der Waals surface area contributed by atoms with E-state index in [4.69, 9.17) is 5.11 Å². The molecule has 1 atom stereocenters. The third-order valence-corrected chi connectivity index (χ3v) is 2.70. The molecule has 3 heteroatoms. The van der Waals surface area contributed by atoms with Gasteiger partial charge in [0.2, 0.25) is 0 Å². The molecule has 3 nitrogen and oxygen atoms in total. The first-order valence-corrected chi connectivity index (χ1v) is 6.12. The van der Waals surface area contributed by atoms with Gasteiger partial charge in [-0.3, -0.25) is 9.69 Å². The van der Waals surface area contributed by atoms with Crippen LogP contribution in [-0.2, 0) is 11.3 Å². The Morgan fingerprint density at radius 1 is 1.39 bits per heavy atom. The van der Waals surface area contributed by atoms with Gasteiger partial charge >= 0.3 is 5.97 Å². The van der Waals surface area contributed by atoms with Gasteiger partial charge < -0.3 is 5.11 Å². The molecule has 0 aliphatic carbocycles. The number of carboxylic acids is 1. The minimum absolute atomic E-state index is 0.368. The summed E-state index contributed by atoms with van der Waals surface area (Å²) >= 11 is 0. The van der Waals surface area contributed by atoms with Crippen molar-refractivity contribution in [1.82, 2.24) is 4.90 Å². The summed E-state index contributed by atoms with van der Waals surface area (Å²) < 4.78 is 0. The lowest BCUT2D eigenvalue weighted by Crippen LogP contribution is -2.32. The number of rotatable bonds is 7. The first-order chi connectivity index (χ1) is 8.49. The summed E-state index contributed by atoms with van der Waals surface area (Å²) in [6.45, 7) is 9.62. The average Bonchev–Trinajstić information content (AvgIpc) is 2.29. The summed E-state index contributed by atoms with van der Waals surface area (Å²) in [4.78, 5) is 13.0. The molecule has 1 unspecified atom stereocenters. The van der Waals surface area contributed by atoms with Crippen LogP contribution in [-0.4, -0.2) is 29.1 Å². The fraction of sp³-hybridized carbons (Fsp3) is 0.400. The van der Waals surface area contributed by atoms with Crippen LogP contribution in [0.25, 0.3) is 0 Å². The van der Waals surface area contributed by atoms with E-state index < -0.39 is 5.97 Å². The van der Waals surface area contributed by atoms with Crippen molar-refractivity contribution >= 4 is 5.97 Å². The Morgan fingerprint density at radius 3 is 2.50 bits per heavy atom. The van der Waals surface area contributed by atoms with Crippen LogP contribution in [0.4, 0.5) is 0 Å². The molecule has 0 saturated carbocycles. The molecule has 0 aliphatic heterocycles. The molecule has 0 heterocycles. The second-order valence-corrected chi connectivity index (χ2v) is 4.85. The summed E-state index contributed by atoms with van der Waals surface area (Å²) in [5, 5.41) is 8.98. The summed E-state index contributed by atoms with van der Waals surface area (Å²) in [5.41, 5.74) is 2.24. The molecule has 18 heavy (non-hydrogen) atoms. The predicted molar refractivity (Wildman–Crippen MR) is 73.3 cm³/mol. The SMILES string of the molecule is C=C(C)CN(Cc1ccccc1)CC(C)C(=O)O. The van der Waals surface area contributed by atoms with Crippen LogP contribution in [0, 0.1) is 5.92 Å². The van der Waals surface area contributed by atoms with Crippen LogP contribution >= 0.6 is 0 Å². The van der Waals surface area contributed by atoms with E-state index >= 15 is 0 Å². The van der Waals surface area contributed by atoms with Crippen molar-refractivity contribution in [2.75, 3.05) is 13.1 Å². The summed E-state index contributed by atoms with van der Waals surface area (Å²) in [6, 6.07) is 10.1. The lowest BCUT2D eigenvalue weighted by atomic mass is 10.1. The van der Waals surface area contributed by atoms with Gasteiger partial charge in [-0.05, 0) is 12.5 Å². The first kappa shape index (κ1) is 14.5. The third-order valence-electron chi connectivity index (χ3n) is 2.70. The Balaban J connectivity index is 2.66. The van der Waals surface area contributed by atoms with Crippen LogP contribution in [0.1, 0.15) is 19.4 Å². The van der Waals surface area contributed by atoms with Crippen LogP contribution in [0.3, 0.4) is 0 Å². The molecule has 0 amide bonds. The molecule has 0 saturated heterocycles. The molecule has 1 rings (SSSR count). The Morgan fingerprint density at radius 2 is 2.00 bits per heavy atom. The lowest BCUT2D eigenvalue weighted by Gasteiger charge is -2.24. The van der Waals surface area contributed by atoms with Crippen LogP contribution in [0.2, 0.25) is 0 Å². The zero-order valence-corrected chi connectivity index (χ0v) is 11.1. The van der Waals surface area contributed by atoms with Gasteiger partial charge in [-0.15, -0.1) is 0 Å². The quantitative estimate of drug-likeness (QED) is 0.753. The van der Waals surface area contributed by atoms with Crippen LogP contribution < -0.4 is 0 Å². The van der Waals surface area contributed by atoms with Crippen molar-refractivity contribution in [3.05, 3.63) is 48.0 Å². The zero-order valence-electron chi connectivity index (χ0n) is 11.1. The molecule has 98 valence electrons. The standard InChI is InChI=1S/C15H21NO2/c1-12(2)9-16(10-13(3)15(17)18)11-14-7-5-4-6-8-14/h4-8,13H,1,9-11H2,2-3H3,(H,17,18). The molecular formula is C15H21NO2. The second kappa shape index (κ2) is 6.97.